The molecule has 2 aromatic heterocycles. The minimum absolute atomic E-state index is 0.355. The van der Waals surface area contributed by atoms with Crippen LogP contribution in [0.4, 0.5) is 5.82 Å². The summed E-state index contributed by atoms with van der Waals surface area (Å²) in [5.74, 6) is 0.763. The summed E-state index contributed by atoms with van der Waals surface area (Å²) in [5.41, 5.74) is 11.0. The standard InChI is InChI=1S/C18H18N4/c1-13-4-2-5-15(10-13)18-16(6-3-8-21-18)14-7-9-20-17(11-14)22-12-19/h2-11H,12,19H2,1H3,(H,20,22). The maximum Gasteiger partial charge on any atom is 0.127 e. The van der Waals surface area contributed by atoms with Crippen LogP contribution in [0.25, 0.3) is 22.4 Å². The topological polar surface area (TPSA) is 63.8 Å². The molecule has 0 spiro atoms. The first-order valence-corrected chi connectivity index (χ1v) is 7.20. The first-order valence-electron chi connectivity index (χ1n) is 7.20. The third-order valence-corrected chi connectivity index (χ3v) is 3.45. The number of hydrogen-bond acceptors (Lipinski definition) is 4. The van der Waals surface area contributed by atoms with Crippen molar-refractivity contribution in [1.82, 2.24) is 9.97 Å². The lowest BCUT2D eigenvalue weighted by Gasteiger charge is -2.11. The van der Waals surface area contributed by atoms with Gasteiger partial charge in [0.1, 0.15) is 5.82 Å². The van der Waals surface area contributed by atoms with E-state index in [1.54, 1.807) is 6.20 Å². The van der Waals surface area contributed by atoms with Crippen LogP contribution in [-0.4, -0.2) is 16.6 Å². The Morgan fingerprint density at radius 3 is 2.68 bits per heavy atom. The quantitative estimate of drug-likeness (QED) is 0.722. The SMILES string of the molecule is Cc1cccc(-c2ncccc2-c2ccnc(NCN)c2)c1. The van der Waals surface area contributed by atoms with Gasteiger partial charge < -0.3 is 11.1 Å². The largest absolute Gasteiger partial charge is 0.358 e. The van der Waals surface area contributed by atoms with Crippen molar-refractivity contribution in [3.63, 3.8) is 0 Å². The Labute approximate surface area is 130 Å². The molecule has 3 rings (SSSR count). The van der Waals surface area contributed by atoms with E-state index in [4.69, 9.17) is 5.73 Å². The highest BCUT2D eigenvalue weighted by atomic mass is 15.0. The summed E-state index contributed by atoms with van der Waals surface area (Å²) in [6.45, 7) is 2.44. The molecule has 0 saturated heterocycles. The summed E-state index contributed by atoms with van der Waals surface area (Å²) in [7, 11) is 0. The number of benzene rings is 1. The molecule has 0 radical (unpaired) electrons. The number of aromatic nitrogens is 2. The number of nitrogens with one attached hydrogen (secondary N) is 1. The third kappa shape index (κ3) is 2.97. The monoisotopic (exact) mass is 290 g/mol. The summed E-state index contributed by atoms with van der Waals surface area (Å²) < 4.78 is 0. The molecule has 4 heteroatoms. The number of hydrogen-bond donors (Lipinski definition) is 2. The minimum atomic E-state index is 0.355. The Balaban J connectivity index is 2.10. The maximum atomic E-state index is 5.52. The number of pyridine rings is 2. The highest BCUT2D eigenvalue weighted by Gasteiger charge is 2.09. The highest BCUT2D eigenvalue weighted by Crippen LogP contribution is 2.31. The fourth-order valence-electron chi connectivity index (χ4n) is 2.46. The van der Waals surface area contributed by atoms with Crippen molar-refractivity contribution in [1.29, 1.82) is 0 Å². The second-order valence-corrected chi connectivity index (χ2v) is 5.08. The van der Waals surface area contributed by atoms with Gasteiger partial charge in [-0.25, -0.2) is 4.98 Å². The third-order valence-electron chi connectivity index (χ3n) is 3.45. The Morgan fingerprint density at radius 2 is 1.86 bits per heavy atom. The van der Waals surface area contributed by atoms with E-state index in [2.05, 4.69) is 52.5 Å². The Morgan fingerprint density at radius 1 is 0.955 bits per heavy atom. The molecule has 0 saturated carbocycles. The van der Waals surface area contributed by atoms with E-state index in [9.17, 15) is 0 Å². The van der Waals surface area contributed by atoms with Gasteiger partial charge in [0, 0.05) is 23.5 Å². The van der Waals surface area contributed by atoms with E-state index >= 15 is 0 Å². The van der Waals surface area contributed by atoms with Gasteiger partial charge in [0.05, 0.1) is 12.4 Å². The minimum Gasteiger partial charge on any atom is -0.358 e. The van der Waals surface area contributed by atoms with Crippen LogP contribution in [0.5, 0.6) is 0 Å². The molecule has 1 aromatic carbocycles. The Hall–Kier alpha value is -2.72. The van der Waals surface area contributed by atoms with Gasteiger partial charge in [0.15, 0.2) is 0 Å². The van der Waals surface area contributed by atoms with Gasteiger partial charge in [0.25, 0.3) is 0 Å². The van der Waals surface area contributed by atoms with Gasteiger partial charge in [-0.3, -0.25) is 4.98 Å². The summed E-state index contributed by atoms with van der Waals surface area (Å²) >= 11 is 0. The zero-order valence-electron chi connectivity index (χ0n) is 12.5. The van der Waals surface area contributed by atoms with E-state index < -0.39 is 0 Å². The van der Waals surface area contributed by atoms with Gasteiger partial charge in [-0.2, -0.15) is 0 Å². The van der Waals surface area contributed by atoms with Gasteiger partial charge in [-0.05, 0) is 36.8 Å². The van der Waals surface area contributed by atoms with Crippen LogP contribution in [0, 0.1) is 6.92 Å². The van der Waals surface area contributed by atoms with Crippen molar-refractivity contribution in [3.8, 4) is 22.4 Å². The van der Waals surface area contributed by atoms with Gasteiger partial charge in [0.2, 0.25) is 0 Å². The molecule has 0 atom stereocenters. The van der Waals surface area contributed by atoms with Gasteiger partial charge in [-0.1, -0.05) is 29.8 Å². The fourth-order valence-corrected chi connectivity index (χ4v) is 2.46. The average Bonchev–Trinajstić information content (AvgIpc) is 2.55. The molecule has 110 valence electrons. The van der Waals surface area contributed by atoms with Crippen molar-refractivity contribution < 1.29 is 0 Å². The molecule has 0 aliphatic heterocycles. The average molecular weight is 290 g/mol. The van der Waals surface area contributed by atoms with Crippen molar-refractivity contribution in [2.24, 2.45) is 5.73 Å². The van der Waals surface area contributed by atoms with Crippen molar-refractivity contribution in [2.75, 3.05) is 12.0 Å². The Bertz CT molecular complexity index is 783. The maximum absolute atomic E-state index is 5.52. The van der Waals surface area contributed by atoms with Crippen LogP contribution >= 0.6 is 0 Å². The number of anilines is 1. The molecule has 0 fully saturated rings. The molecule has 0 bridgehead atoms. The van der Waals surface area contributed by atoms with Crippen molar-refractivity contribution in [2.45, 2.75) is 6.92 Å². The van der Waals surface area contributed by atoms with Crippen LogP contribution in [0.2, 0.25) is 0 Å². The molecular weight excluding hydrogens is 272 g/mol. The molecule has 22 heavy (non-hydrogen) atoms. The lowest BCUT2D eigenvalue weighted by Crippen LogP contribution is -2.11. The number of nitrogens with zero attached hydrogens (tertiary/aromatic N) is 2. The smallest absolute Gasteiger partial charge is 0.127 e. The summed E-state index contributed by atoms with van der Waals surface area (Å²) in [5, 5.41) is 3.03. The predicted octanol–water partition coefficient (Wildman–Crippen LogP) is 3.45. The van der Waals surface area contributed by atoms with Gasteiger partial charge in [-0.15, -0.1) is 0 Å². The van der Waals surface area contributed by atoms with E-state index in [1.807, 2.05) is 24.4 Å². The predicted molar refractivity (Wildman–Crippen MR) is 90.3 cm³/mol. The molecule has 4 nitrogen and oxygen atoms in total. The van der Waals surface area contributed by atoms with E-state index in [0.29, 0.717) is 6.67 Å². The number of nitrogens with two attached hydrogens (primary N) is 1. The fraction of sp³-hybridized carbons (Fsp3) is 0.111. The molecule has 0 aliphatic carbocycles. The molecule has 3 N–H and O–H groups in total. The normalized spacial score (nSPS) is 10.5. The molecule has 0 amide bonds. The molecule has 3 aromatic rings. The second kappa shape index (κ2) is 6.37. The second-order valence-electron chi connectivity index (χ2n) is 5.08. The zero-order valence-corrected chi connectivity index (χ0v) is 12.5. The summed E-state index contributed by atoms with van der Waals surface area (Å²) in [6, 6.07) is 16.4. The van der Waals surface area contributed by atoms with Crippen LogP contribution in [-0.2, 0) is 0 Å². The van der Waals surface area contributed by atoms with Crippen LogP contribution in [0.3, 0.4) is 0 Å². The van der Waals surface area contributed by atoms with E-state index in [0.717, 1.165) is 28.2 Å². The van der Waals surface area contributed by atoms with Crippen LogP contribution < -0.4 is 11.1 Å². The lowest BCUT2D eigenvalue weighted by molar-refractivity contribution is 1.11. The Kier molecular flexibility index (Phi) is 4.12. The first kappa shape index (κ1) is 14.2. The molecule has 0 aliphatic rings. The van der Waals surface area contributed by atoms with Gasteiger partial charge >= 0.3 is 0 Å². The summed E-state index contributed by atoms with van der Waals surface area (Å²) in [4.78, 5) is 8.84. The summed E-state index contributed by atoms with van der Waals surface area (Å²) in [6.07, 6.45) is 3.60. The van der Waals surface area contributed by atoms with Crippen LogP contribution in [0.15, 0.2) is 60.9 Å². The highest BCUT2D eigenvalue weighted by molar-refractivity contribution is 5.81. The van der Waals surface area contributed by atoms with Crippen LogP contribution in [0.1, 0.15) is 5.56 Å². The molecular formula is C18H18N4. The van der Waals surface area contributed by atoms with E-state index in [1.165, 1.54) is 5.56 Å². The first-order chi connectivity index (χ1) is 10.8. The zero-order chi connectivity index (χ0) is 15.4. The number of rotatable bonds is 4. The number of aryl methyl sites for hydroxylation is 1. The van der Waals surface area contributed by atoms with Crippen molar-refractivity contribution >= 4 is 5.82 Å². The lowest BCUT2D eigenvalue weighted by atomic mass is 9.99. The van der Waals surface area contributed by atoms with E-state index in [-0.39, 0.29) is 0 Å². The molecule has 2 heterocycles. The van der Waals surface area contributed by atoms with Crippen molar-refractivity contribution in [3.05, 3.63) is 66.5 Å². The molecule has 0 unspecified atom stereocenters.